The van der Waals surface area contributed by atoms with Gasteiger partial charge in [-0.15, -0.1) is 10.2 Å². The van der Waals surface area contributed by atoms with Gasteiger partial charge in [-0.25, -0.2) is 4.79 Å². The van der Waals surface area contributed by atoms with Crippen LogP contribution < -0.4 is 4.74 Å². The van der Waals surface area contributed by atoms with Crippen LogP contribution in [-0.2, 0) is 25.5 Å². The molecule has 0 aliphatic carbocycles. The molecule has 1 heterocycles. The SMILES string of the molecule is CCO/N=C(\COc1cccc(CC(OCC)C(=O)OCC)c1)c1nnc(-c2ccc(Cl)cc2)o1. The number of rotatable bonds is 13. The van der Waals surface area contributed by atoms with E-state index in [0.29, 0.717) is 48.6 Å². The molecule has 0 radical (unpaired) electrons. The quantitative estimate of drug-likeness (QED) is 0.188. The first-order valence-electron chi connectivity index (χ1n) is 11.3. The highest BCUT2D eigenvalue weighted by Crippen LogP contribution is 2.21. The van der Waals surface area contributed by atoms with Gasteiger partial charge in [0, 0.05) is 23.6 Å². The molecule has 1 aromatic heterocycles. The summed E-state index contributed by atoms with van der Waals surface area (Å²) in [5.41, 5.74) is 1.92. The molecule has 0 bridgehead atoms. The summed E-state index contributed by atoms with van der Waals surface area (Å²) in [7, 11) is 0. The number of carbonyl (C=O) groups is 1. The van der Waals surface area contributed by atoms with Gasteiger partial charge in [0.25, 0.3) is 5.89 Å². The minimum absolute atomic E-state index is 0.0263. The van der Waals surface area contributed by atoms with E-state index in [2.05, 4.69) is 15.4 Å². The Balaban J connectivity index is 1.71. The number of benzene rings is 2. The number of ether oxygens (including phenoxy) is 3. The number of aromatic nitrogens is 2. The second-order valence-electron chi connectivity index (χ2n) is 7.21. The zero-order chi connectivity index (χ0) is 25.0. The van der Waals surface area contributed by atoms with Crippen molar-refractivity contribution in [3.63, 3.8) is 0 Å². The Kier molecular flexibility index (Phi) is 10.1. The smallest absolute Gasteiger partial charge is 0.335 e. The van der Waals surface area contributed by atoms with E-state index in [1.807, 2.05) is 32.0 Å². The van der Waals surface area contributed by atoms with Crippen molar-refractivity contribution in [2.75, 3.05) is 26.4 Å². The molecular formula is C25H28ClN3O6. The summed E-state index contributed by atoms with van der Waals surface area (Å²) < 4.78 is 22.4. The Labute approximate surface area is 209 Å². The van der Waals surface area contributed by atoms with Gasteiger partial charge in [0.2, 0.25) is 5.89 Å². The molecule has 0 aliphatic rings. The van der Waals surface area contributed by atoms with Crippen LogP contribution in [0.25, 0.3) is 11.5 Å². The minimum atomic E-state index is -0.685. The molecule has 10 heteroatoms. The van der Waals surface area contributed by atoms with E-state index in [1.165, 1.54) is 0 Å². The van der Waals surface area contributed by atoms with Crippen LogP contribution in [0.4, 0.5) is 0 Å². The molecule has 9 nitrogen and oxygen atoms in total. The van der Waals surface area contributed by atoms with E-state index in [1.54, 1.807) is 37.3 Å². The van der Waals surface area contributed by atoms with Crippen LogP contribution in [0.2, 0.25) is 5.02 Å². The van der Waals surface area contributed by atoms with Gasteiger partial charge in [0.1, 0.15) is 19.0 Å². The third-order valence-electron chi connectivity index (χ3n) is 4.68. The molecule has 1 atom stereocenters. The first-order valence-corrected chi connectivity index (χ1v) is 11.7. The molecule has 3 rings (SSSR count). The van der Waals surface area contributed by atoms with E-state index >= 15 is 0 Å². The summed E-state index contributed by atoms with van der Waals surface area (Å²) in [5.74, 6) is 0.685. The number of hydrogen-bond donors (Lipinski definition) is 0. The molecule has 0 amide bonds. The van der Waals surface area contributed by atoms with Crippen LogP contribution in [0.15, 0.2) is 58.1 Å². The van der Waals surface area contributed by atoms with Crippen LogP contribution >= 0.6 is 11.6 Å². The predicted octanol–water partition coefficient (Wildman–Crippen LogP) is 4.72. The summed E-state index contributed by atoms with van der Waals surface area (Å²) in [5, 5.41) is 12.9. The van der Waals surface area contributed by atoms with Crippen LogP contribution in [-0.4, -0.2) is 54.4 Å². The van der Waals surface area contributed by atoms with Crippen LogP contribution in [0.3, 0.4) is 0 Å². The first kappa shape index (κ1) is 26.2. The Bertz CT molecular complexity index is 1120. The average Bonchev–Trinajstić information content (AvgIpc) is 3.35. The lowest BCUT2D eigenvalue weighted by molar-refractivity contribution is -0.156. The normalized spacial score (nSPS) is 12.3. The fourth-order valence-corrected chi connectivity index (χ4v) is 3.22. The third-order valence-corrected chi connectivity index (χ3v) is 4.93. The van der Waals surface area contributed by atoms with Crippen molar-refractivity contribution in [3.05, 3.63) is 65.0 Å². The number of esters is 1. The number of oxime groups is 1. The molecule has 0 N–H and O–H groups in total. The molecule has 0 spiro atoms. The Hall–Kier alpha value is -3.43. The topological polar surface area (TPSA) is 105 Å². The Morgan fingerprint density at radius 3 is 2.57 bits per heavy atom. The van der Waals surface area contributed by atoms with Crippen molar-refractivity contribution >= 4 is 23.3 Å². The lowest BCUT2D eigenvalue weighted by Gasteiger charge is -2.16. The van der Waals surface area contributed by atoms with Gasteiger partial charge >= 0.3 is 5.97 Å². The van der Waals surface area contributed by atoms with Crippen molar-refractivity contribution in [1.82, 2.24) is 10.2 Å². The van der Waals surface area contributed by atoms with Crippen molar-refractivity contribution in [1.29, 1.82) is 0 Å². The molecule has 35 heavy (non-hydrogen) atoms. The van der Waals surface area contributed by atoms with Gasteiger partial charge in [0.15, 0.2) is 11.8 Å². The lowest BCUT2D eigenvalue weighted by atomic mass is 10.1. The molecule has 0 aliphatic heterocycles. The lowest BCUT2D eigenvalue weighted by Crippen LogP contribution is -2.29. The van der Waals surface area contributed by atoms with E-state index in [0.717, 1.165) is 11.1 Å². The molecule has 186 valence electrons. The zero-order valence-electron chi connectivity index (χ0n) is 19.9. The Morgan fingerprint density at radius 2 is 1.86 bits per heavy atom. The number of halogens is 1. The second kappa shape index (κ2) is 13.5. The zero-order valence-corrected chi connectivity index (χ0v) is 20.7. The van der Waals surface area contributed by atoms with E-state index in [9.17, 15) is 4.79 Å². The van der Waals surface area contributed by atoms with Crippen LogP contribution in [0.5, 0.6) is 5.75 Å². The second-order valence-corrected chi connectivity index (χ2v) is 7.65. The summed E-state index contributed by atoms with van der Waals surface area (Å²) in [6, 6.07) is 14.4. The summed E-state index contributed by atoms with van der Waals surface area (Å²) in [4.78, 5) is 17.4. The summed E-state index contributed by atoms with van der Waals surface area (Å²) in [6.07, 6.45) is -0.326. The summed E-state index contributed by atoms with van der Waals surface area (Å²) >= 11 is 5.95. The molecule has 1 unspecified atom stereocenters. The number of carbonyl (C=O) groups excluding carboxylic acids is 1. The highest BCUT2D eigenvalue weighted by Gasteiger charge is 2.21. The molecule has 2 aromatic carbocycles. The number of hydrogen-bond acceptors (Lipinski definition) is 9. The fourth-order valence-electron chi connectivity index (χ4n) is 3.09. The molecule has 0 saturated heterocycles. The number of nitrogens with zero attached hydrogens (tertiary/aromatic N) is 3. The highest BCUT2D eigenvalue weighted by molar-refractivity contribution is 6.30. The maximum Gasteiger partial charge on any atom is 0.335 e. The van der Waals surface area contributed by atoms with Crippen LogP contribution in [0, 0.1) is 0 Å². The van der Waals surface area contributed by atoms with Gasteiger partial charge in [-0.1, -0.05) is 28.9 Å². The molecular weight excluding hydrogens is 474 g/mol. The van der Waals surface area contributed by atoms with E-state index in [4.69, 9.17) is 35.1 Å². The van der Waals surface area contributed by atoms with Gasteiger partial charge in [-0.05, 0) is 62.7 Å². The van der Waals surface area contributed by atoms with E-state index in [-0.39, 0.29) is 18.5 Å². The molecule has 0 saturated carbocycles. The van der Waals surface area contributed by atoms with Gasteiger partial charge in [-0.2, -0.15) is 0 Å². The fraction of sp³-hybridized carbons (Fsp3) is 0.360. The minimum Gasteiger partial charge on any atom is -0.487 e. The van der Waals surface area contributed by atoms with Crippen molar-refractivity contribution in [2.45, 2.75) is 33.3 Å². The van der Waals surface area contributed by atoms with Crippen molar-refractivity contribution in [2.24, 2.45) is 5.16 Å². The highest BCUT2D eigenvalue weighted by atomic mass is 35.5. The van der Waals surface area contributed by atoms with Crippen molar-refractivity contribution in [3.8, 4) is 17.2 Å². The first-order chi connectivity index (χ1) is 17.0. The maximum absolute atomic E-state index is 12.2. The predicted molar refractivity (Wildman–Crippen MR) is 131 cm³/mol. The Morgan fingerprint density at radius 1 is 1.06 bits per heavy atom. The third kappa shape index (κ3) is 7.80. The standard InChI is InChI=1S/C25H28ClN3O6/c1-4-31-22(25(30)32-5-2)15-17-8-7-9-20(14-17)33-16-21(29-34-6-3)24-28-27-23(35-24)18-10-12-19(26)13-11-18/h7-14,22H,4-6,15-16H2,1-3H3/b29-21+. The molecule has 3 aromatic rings. The van der Waals surface area contributed by atoms with Gasteiger partial charge < -0.3 is 23.5 Å². The monoisotopic (exact) mass is 501 g/mol. The van der Waals surface area contributed by atoms with Gasteiger partial charge in [0.05, 0.1) is 6.61 Å². The van der Waals surface area contributed by atoms with E-state index < -0.39 is 6.10 Å². The maximum atomic E-state index is 12.2. The van der Waals surface area contributed by atoms with Crippen LogP contribution in [0.1, 0.15) is 32.2 Å². The van der Waals surface area contributed by atoms with Crippen molar-refractivity contribution < 1.29 is 28.3 Å². The largest absolute Gasteiger partial charge is 0.487 e. The molecule has 0 fully saturated rings. The average molecular weight is 502 g/mol. The summed E-state index contributed by atoms with van der Waals surface area (Å²) in [6.45, 7) is 6.50. The van der Waals surface area contributed by atoms with Gasteiger partial charge in [-0.3, -0.25) is 0 Å².